The van der Waals surface area contributed by atoms with E-state index < -0.39 is 0 Å². The van der Waals surface area contributed by atoms with Crippen LogP contribution < -0.4 is 16.2 Å². The Hall–Kier alpha value is -2.44. The predicted octanol–water partition coefficient (Wildman–Crippen LogP) is 1.03. The van der Waals surface area contributed by atoms with Gasteiger partial charge < -0.3 is 16.2 Å². The quantitative estimate of drug-likeness (QED) is 0.845. The van der Waals surface area contributed by atoms with E-state index in [0.717, 1.165) is 18.4 Å². The minimum absolute atomic E-state index is 0.170. The number of hydrogen-bond donors (Lipinski definition) is 2. The van der Waals surface area contributed by atoms with Crippen molar-refractivity contribution >= 4 is 11.9 Å². The molecule has 0 aromatic carbocycles. The number of aromatic nitrogens is 4. The van der Waals surface area contributed by atoms with Gasteiger partial charge in [0.05, 0.1) is 5.69 Å². The summed E-state index contributed by atoms with van der Waals surface area (Å²) >= 11 is 0. The van der Waals surface area contributed by atoms with Crippen molar-refractivity contribution in [3.8, 4) is 17.1 Å². The Morgan fingerprint density at radius 2 is 1.79 bits per heavy atom. The van der Waals surface area contributed by atoms with E-state index in [1.807, 2.05) is 0 Å². The zero-order valence-electron chi connectivity index (χ0n) is 10.3. The molecule has 0 saturated heterocycles. The Morgan fingerprint density at radius 1 is 1.05 bits per heavy atom. The molecule has 0 amide bonds. The van der Waals surface area contributed by atoms with Gasteiger partial charge in [-0.3, -0.25) is 0 Å². The molecule has 4 N–H and O–H groups in total. The average Bonchev–Trinajstić information content (AvgIpc) is 2.34. The summed E-state index contributed by atoms with van der Waals surface area (Å²) in [5.41, 5.74) is 12.5. The van der Waals surface area contributed by atoms with Gasteiger partial charge in [0.25, 0.3) is 0 Å². The molecule has 98 valence electrons. The third-order valence-electron chi connectivity index (χ3n) is 3.03. The molecule has 1 saturated carbocycles. The molecule has 2 heterocycles. The number of anilines is 2. The first-order valence-electron chi connectivity index (χ1n) is 6.10. The smallest absolute Gasteiger partial charge is 0.223 e. The van der Waals surface area contributed by atoms with Crippen LogP contribution in [0, 0.1) is 0 Å². The minimum atomic E-state index is 0.170. The second-order valence-electron chi connectivity index (χ2n) is 4.45. The van der Waals surface area contributed by atoms with E-state index in [1.54, 1.807) is 18.5 Å². The summed E-state index contributed by atoms with van der Waals surface area (Å²) in [5.74, 6) is 0.879. The molecule has 2 aromatic heterocycles. The fourth-order valence-corrected chi connectivity index (χ4v) is 1.78. The summed E-state index contributed by atoms with van der Waals surface area (Å²) < 4.78 is 5.72. The van der Waals surface area contributed by atoms with Crippen molar-refractivity contribution in [2.24, 2.45) is 0 Å². The lowest BCUT2D eigenvalue weighted by molar-refractivity contribution is 0.115. The summed E-state index contributed by atoms with van der Waals surface area (Å²) in [4.78, 5) is 16.1. The fourth-order valence-electron chi connectivity index (χ4n) is 1.78. The maximum atomic E-state index is 5.72. The van der Waals surface area contributed by atoms with Crippen molar-refractivity contribution in [2.75, 3.05) is 11.5 Å². The fraction of sp³-hybridized carbons (Fsp3) is 0.333. The van der Waals surface area contributed by atoms with Crippen molar-refractivity contribution < 1.29 is 4.74 Å². The monoisotopic (exact) mass is 258 g/mol. The summed E-state index contributed by atoms with van der Waals surface area (Å²) in [7, 11) is 0. The van der Waals surface area contributed by atoms with Crippen molar-refractivity contribution in [2.45, 2.75) is 25.4 Å². The second kappa shape index (κ2) is 4.68. The molecule has 1 aliphatic rings. The molecule has 2 aromatic rings. The molecule has 0 aliphatic heterocycles. The van der Waals surface area contributed by atoms with E-state index in [0.29, 0.717) is 11.6 Å². The largest absolute Gasteiger partial charge is 0.474 e. The molecule has 1 aliphatic carbocycles. The van der Waals surface area contributed by atoms with Crippen molar-refractivity contribution in [1.82, 2.24) is 19.9 Å². The molecule has 0 unspecified atom stereocenters. The van der Waals surface area contributed by atoms with E-state index in [9.17, 15) is 0 Å². The van der Waals surface area contributed by atoms with Gasteiger partial charge in [-0.15, -0.1) is 0 Å². The number of nitrogen functional groups attached to an aromatic ring is 2. The lowest BCUT2D eigenvalue weighted by Crippen LogP contribution is -2.25. The Bertz CT molecular complexity index is 581. The van der Waals surface area contributed by atoms with Gasteiger partial charge in [0.2, 0.25) is 17.8 Å². The summed E-state index contributed by atoms with van der Waals surface area (Å²) in [6.07, 6.45) is 6.75. The van der Waals surface area contributed by atoms with Gasteiger partial charge in [-0.1, -0.05) is 0 Å². The van der Waals surface area contributed by atoms with Crippen LogP contribution in [-0.4, -0.2) is 26.0 Å². The predicted molar refractivity (Wildman–Crippen MR) is 70.1 cm³/mol. The molecular formula is C12H14N6O. The van der Waals surface area contributed by atoms with Crippen molar-refractivity contribution in [3.63, 3.8) is 0 Å². The van der Waals surface area contributed by atoms with Crippen LogP contribution >= 0.6 is 0 Å². The minimum Gasteiger partial charge on any atom is -0.474 e. The first-order chi connectivity index (χ1) is 9.20. The lowest BCUT2D eigenvalue weighted by Gasteiger charge is -2.25. The third kappa shape index (κ3) is 2.54. The van der Waals surface area contributed by atoms with Crippen LogP contribution in [0.25, 0.3) is 11.3 Å². The molecular weight excluding hydrogens is 244 g/mol. The summed E-state index contributed by atoms with van der Waals surface area (Å²) in [5, 5.41) is 0. The van der Waals surface area contributed by atoms with Crippen LogP contribution in [0.15, 0.2) is 18.5 Å². The van der Waals surface area contributed by atoms with Gasteiger partial charge in [-0.2, -0.15) is 4.98 Å². The van der Waals surface area contributed by atoms with Gasteiger partial charge in [0, 0.05) is 24.0 Å². The molecule has 7 nitrogen and oxygen atoms in total. The highest BCUT2D eigenvalue weighted by Crippen LogP contribution is 2.26. The normalized spacial score (nSPS) is 14.9. The maximum Gasteiger partial charge on any atom is 0.223 e. The zero-order valence-corrected chi connectivity index (χ0v) is 10.3. The first kappa shape index (κ1) is 11.6. The van der Waals surface area contributed by atoms with Gasteiger partial charge in [-0.05, 0) is 19.3 Å². The van der Waals surface area contributed by atoms with E-state index in [2.05, 4.69) is 19.9 Å². The van der Waals surface area contributed by atoms with Gasteiger partial charge in [0.15, 0.2) is 0 Å². The SMILES string of the molecule is Nc1ncc(-c2cc(OC3CCC3)nc(N)n2)cn1. The van der Waals surface area contributed by atoms with Gasteiger partial charge >= 0.3 is 0 Å². The molecule has 0 spiro atoms. The van der Waals surface area contributed by atoms with Crippen LogP contribution in [0.5, 0.6) is 5.88 Å². The van der Waals surface area contributed by atoms with Gasteiger partial charge in [0.1, 0.15) is 6.10 Å². The average molecular weight is 258 g/mol. The van der Waals surface area contributed by atoms with E-state index in [-0.39, 0.29) is 18.0 Å². The highest BCUT2D eigenvalue weighted by atomic mass is 16.5. The topological polar surface area (TPSA) is 113 Å². The number of hydrogen-bond acceptors (Lipinski definition) is 7. The molecule has 3 rings (SSSR count). The van der Waals surface area contributed by atoms with Crippen molar-refractivity contribution in [1.29, 1.82) is 0 Å². The summed E-state index contributed by atoms with van der Waals surface area (Å²) in [6, 6.07) is 1.74. The molecule has 1 fully saturated rings. The van der Waals surface area contributed by atoms with E-state index in [1.165, 1.54) is 6.42 Å². The Morgan fingerprint density at radius 3 is 2.42 bits per heavy atom. The van der Waals surface area contributed by atoms with Crippen LogP contribution in [0.4, 0.5) is 11.9 Å². The van der Waals surface area contributed by atoms with E-state index in [4.69, 9.17) is 16.2 Å². The van der Waals surface area contributed by atoms with Crippen LogP contribution in [0.1, 0.15) is 19.3 Å². The number of rotatable bonds is 3. The van der Waals surface area contributed by atoms with Crippen LogP contribution in [-0.2, 0) is 0 Å². The molecule has 7 heteroatoms. The Kier molecular flexibility index (Phi) is 2.86. The standard InChI is InChI=1S/C12H14N6O/c13-11-15-5-7(6-16-11)9-4-10(18-12(14)17-9)19-8-2-1-3-8/h4-6,8H,1-3H2,(H2,13,15,16)(H2,14,17,18). The highest BCUT2D eigenvalue weighted by molar-refractivity contribution is 5.59. The molecule has 0 radical (unpaired) electrons. The molecule has 0 bridgehead atoms. The van der Waals surface area contributed by atoms with Gasteiger partial charge in [-0.25, -0.2) is 15.0 Å². The molecule has 0 atom stereocenters. The van der Waals surface area contributed by atoms with Crippen LogP contribution in [0.2, 0.25) is 0 Å². The lowest BCUT2D eigenvalue weighted by atomic mass is 9.96. The first-order valence-corrected chi connectivity index (χ1v) is 6.10. The van der Waals surface area contributed by atoms with E-state index >= 15 is 0 Å². The maximum absolute atomic E-state index is 5.72. The third-order valence-corrected chi connectivity index (χ3v) is 3.03. The Labute approximate surface area is 110 Å². The summed E-state index contributed by atoms with van der Waals surface area (Å²) in [6.45, 7) is 0. The Balaban J connectivity index is 1.89. The number of nitrogens with zero attached hydrogens (tertiary/aromatic N) is 4. The number of nitrogens with two attached hydrogens (primary N) is 2. The highest BCUT2D eigenvalue weighted by Gasteiger charge is 2.20. The number of ether oxygens (including phenoxy) is 1. The van der Waals surface area contributed by atoms with Crippen LogP contribution in [0.3, 0.4) is 0 Å². The zero-order chi connectivity index (χ0) is 13.2. The second-order valence-corrected chi connectivity index (χ2v) is 4.45. The van der Waals surface area contributed by atoms with Crippen molar-refractivity contribution in [3.05, 3.63) is 18.5 Å². The molecule has 19 heavy (non-hydrogen) atoms.